The lowest BCUT2D eigenvalue weighted by atomic mass is 10.0. The van der Waals surface area contributed by atoms with Crippen molar-refractivity contribution in [3.05, 3.63) is 70.0 Å². The van der Waals surface area contributed by atoms with Gasteiger partial charge in [-0.15, -0.1) is 0 Å². The van der Waals surface area contributed by atoms with Gasteiger partial charge in [-0.3, -0.25) is 9.69 Å². The fraction of sp³-hybridized carbons (Fsp3) is 0.350. The van der Waals surface area contributed by atoms with E-state index in [4.69, 9.17) is 11.6 Å². The summed E-state index contributed by atoms with van der Waals surface area (Å²) in [5, 5.41) is 3.77. The van der Waals surface area contributed by atoms with E-state index >= 15 is 0 Å². The zero-order valence-corrected chi connectivity index (χ0v) is 15.0. The van der Waals surface area contributed by atoms with Crippen molar-refractivity contribution in [2.24, 2.45) is 0 Å². The average molecular weight is 361 g/mol. The minimum absolute atomic E-state index is 0.137. The van der Waals surface area contributed by atoms with Gasteiger partial charge in [0.25, 0.3) is 5.91 Å². The molecule has 1 fully saturated rings. The second-order valence-electron chi connectivity index (χ2n) is 6.61. The van der Waals surface area contributed by atoms with Gasteiger partial charge in [-0.25, -0.2) is 4.39 Å². The predicted molar refractivity (Wildman–Crippen MR) is 98.4 cm³/mol. The normalized spacial score (nSPS) is 16.0. The minimum atomic E-state index is -0.342. The molecule has 2 aromatic carbocycles. The third-order valence-corrected chi connectivity index (χ3v) is 4.93. The summed E-state index contributed by atoms with van der Waals surface area (Å²) in [6.07, 6.45) is 1.79. The Morgan fingerprint density at radius 3 is 2.52 bits per heavy atom. The molecule has 2 aromatic rings. The van der Waals surface area contributed by atoms with E-state index in [0.717, 1.165) is 37.5 Å². The van der Waals surface area contributed by atoms with Gasteiger partial charge in [0.05, 0.1) is 0 Å². The lowest BCUT2D eigenvalue weighted by molar-refractivity contribution is 0.0908. The molecule has 1 saturated heterocycles. The maximum Gasteiger partial charge on any atom is 0.251 e. The summed E-state index contributed by atoms with van der Waals surface area (Å²) in [5.74, 6) is -0.541. The molecule has 1 aliphatic rings. The highest BCUT2D eigenvalue weighted by Crippen LogP contribution is 2.17. The van der Waals surface area contributed by atoms with Gasteiger partial charge in [-0.05, 0) is 55.2 Å². The molecule has 3 nitrogen and oxygen atoms in total. The molecule has 5 heteroatoms. The fourth-order valence-corrected chi connectivity index (χ4v) is 3.21. The summed E-state index contributed by atoms with van der Waals surface area (Å²) in [4.78, 5) is 14.6. The molecule has 0 saturated carbocycles. The van der Waals surface area contributed by atoms with Gasteiger partial charge in [0, 0.05) is 36.3 Å². The summed E-state index contributed by atoms with van der Waals surface area (Å²) >= 11 is 5.91. The Balaban J connectivity index is 1.49. The SMILES string of the molecule is Cc1ccc(C(=O)NC2CCN(Cc3ccc(Cl)cc3)CC2)cc1F. The first kappa shape index (κ1) is 17.9. The smallest absolute Gasteiger partial charge is 0.251 e. The Morgan fingerprint density at radius 1 is 1.20 bits per heavy atom. The van der Waals surface area contributed by atoms with Gasteiger partial charge >= 0.3 is 0 Å². The van der Waals surface area contributed by atoms with Crippen molar-refractivity contribution in [3.63, 3.8) is 0 Å². The van der Waals surface area contributed by atoms with Crippen LogP contribution in [0.1, 0.15) is 34.3 Å². The Kier molecular flexibility index (Phi) is 5.71. The van der Waals surface area contributed by atoms with Gasteiger partial charge in [0.2, 0.25) is 0 Å². The lowest BCUT2D eigenvalue weighted by Crippen LogP contribution is -2.44. The van der Waals surface area contributed by atoms with Crippen LogP contribution in [0.4, 0.5) is 4.39 Å². The number of hydrogen-bond acceptors (Lipinski definition) is 2. The van der Waals surface area contributed by atoms with Crippen LogP contribution in [-0.4, -0.2) is 29.9 Å². The topological polar surface area (TPSA) is 32.3 Å². The number of piperidine rings is 1. The number of halogens is 2. The molecular weight excluding hydrogens is 339 g/mol. The highest BCUT2D eigenvalue weighted by atomic mass is 35.5. The Bertz CT molecular complexity index is 740. The number of hydrogen-bond donors (Lipinski definition) is 1. The van der Waals surface area contributed by atoms with Crippen molar-refractivity contribution in [3.8, 4) is 0 Å². The number of carbonyl (C=O) groups is 1. The molecule has 0 aliphatic carbocycles. The molecule has 3 rings (SSSR count). The maximum atomic E-state index is 13.6. The van der Waals surface area contributed by atoms with Gasteiger partial charge in [-0.1, -0.05) is 29.8 Å². The molecule has 1 heterocycles. The number of nitrogens with one attached hydrogen (secondary N) is 1. The number of carbonyl (C=O) groups excluding carboxylic acids is 1. The van der Waals surface area contributed by atoms with Crippen LogP contribution in [0.15, 0.2) is 42.5 Å². The number of aryl methyl sites for hydroxylation is 1. The first-order chi connectivity index (χ1) is 12.0. The van der Waals surface area contributed by atoms with Crippen molar-refractivity contribution in [1.82, 2.24) is 10.2 Å². The number of benzene rings is 2. The van der Waals surface area contributed by atoms with Gasteiger partial charge in [-0.2, -0.15) is 0 Å². The summed E-state index contributed by atoms with van der Waals surface area (Å²) < 4.78 is 13.6. The molecule has 25 heavy (non-hydrogen) atoms. The van der Waals surface area contributed by atoms with Crippen LogP contribution in [0.25, 0.3) is 0 Å². The average Bonchev–Trinajstić information content (AvgIpc) is 2.61. The Labute approximate surface area is 152 Å². The van der Waals surface area contributed by atoms with Crippen LogP contribution in [0.5, 0.6) is 0 Å². The maximum absolute atomic E-state index is 13.6. The van der Waals surface area contributed by atoms with Crippen LogP contribution in [-0.2, 0) is 6.54 Å². The van der Waals surface area contributed by atoms with Gasteiger partial charge in [0.1, 0.15) is 5.82 Å². The van der Waals surface area contributed by atoms with Gasteiger partial charge < -0.3 is 5.32 Å². The summed E-state index contributed by atoms with van der Waals surface area (Å²) in [5.41, 5.74) is 2.17. The third-order valence-electron chi connectivity index (χ3n) is 4.68. The molecule has 0 bridgehead atoms. The van der Waals surface area contributed by atoms with E-state index in [1.165, 1.54) is 11.6 Å². The molecule has 0 spiro atoms. The Morgan fingerprint density at radius 2 is 1.88 bits per heavy atom. The zero-order valence-electron chi connectivity index (χ0n) is 14.3. The Hall–Kier alpha value is -1.91. The van der Waals surface area contributed by atoms with Crippen molar-refractivity contribution in [1.29, 1.82) is 0 Å². The molecule has 1 amide bonds. The molecule has 0 atom stereocenters. The molecular formula is C20H22ClFN2O. The standard InChI is InChI=1S/C20H22ClFN2O/c1-14-2-5-16(12-19(14)22)20(25)23-18-8-10-24(11-9-18)13-15-3-6-17(21)7-4-15/h2-7,12,18H,8-11,13H2,1H3,(H,23,25). The first-order valence-corrected chi connectivity index (χ1v) is 8.93. The quantitative estimate of drug-likeness (QED) is 0.887. The molecule has 0 aromatic heterocycles. The molecule has 0 unspecified atom stereocenters. The molecule has 132 valence electrons. The van der Waals surface area contributed by atoms with Gasteiger partial charge in [0.15, 0.2) is 0 Å². The van der Waals surface area contributed by atoms with E-state index in [0.29, 0.717) is 11.1 Å². The number of likely N-dealkylation sites (tertiary alicyclic amines) is 1. The van der Waals surface area contributed by atoms with Crippen LogP contribution in [0, 0.1) is 12.7 Å². The van der Waals surface area contributed by atoms with Crippen LogP contribution in [0.2, 0.25) is 5.02 Å². The second-order valence-corrected chi connectivity index (χ2v) is 7.05. The van der Waals surface area contributed by atoms with E-state index in [-0.39, 0.29) is 17.8 Å². The van der Waals surface area contributed by atoms with Crippen LogP contribution >= 0.6 is 11.6 Å². The third kappa shape index (κ3) is 4.80. The minimum Gasteiger partial charge on any atom is -0.349 e. The summed E-state index contributed by atoms with van der Waals surface area (Å²) in [7, 11) is 0. The number of amides is 1. The second kappa shape index (κ2) is 7.98. The highest BCUT2D eigenvalue weighted by Gasteiger charge is 2.21. The summed E-state index contributed by atoms with van der Waals surface area (Å²) in [6.45, 7) is 4.43. The summed E-state index contributed by atoms with van der Waals surface area (Å²) in [6, 6.07) is 12.7. The van der Waals surface area contributed by atoms with Crippen LogP contribution < -0.4 is 5.32 Å². The molecule has 0 radical (unpaired) electrons. The van der Waals surface area contributed by atoms with E-state index < -0.39 is 0 Å². The first-order valence-electron chi connectivity index (χ1n) is 8.55. The lowest BCUT2D eigenvalue weighted by Gasteiger charge is -2.32. The zero-order chi connectivity index (χ0) is 17.8. The highest BCUT2D eigenvalue weighted by molar-refractivity contribution is 6.30. The van der Waals surface area contributed by atoms with E-state index in [2.05, 4.69) is 10.2 Å². The van der Waals surface area contributed by atoms with Crippen molar-refractivity contribution >= 4 is 17.5 Å². The van der Waals surface area contributed by atoms with Crippen molar-refractivity contribution in [2.75, 3.05) is 13.1 Å². The van der Waals surface area contributed by atoms with E-state index in [9.17, 15) is 9.18 Å². The van der Waals surface area contributed by atoms with E-state index in [1.807, 2.05) is 24.3 Å². The monoisotopic (exact) mass is 360 g/mol. The number of nitrogens with zero attached hydrogens (tertiary/aromatic N) is 1. The molecule has 1 N–H and O–H groups in total. The van der Waals surface area contributed by atoms with Crippen molar-refractivity contribution in [2.45, 2.75) is 32.4 Å². The largest absolute Gasteiger partial charge is 0.349 e. The fourth-order valence-electron chi connectivity index (χ4n) is 3.09. The molecule has 1 aliphatic heterocycles. The number of rotatable bonds is 4. The van der Waals surface area contributed by atoms with Crippen LogP contribution in [0.3, 0.4) is 0 Å². The predicted octanol–water partition coefficient (Wildman–Crippen LogP) is 4.18. The van der Waals surface area contributed by atoms with Crippen molar-refractivity contribution < 1.29 is 9.18 Å². The van der Waals surface area contributed by atoms with E-state index in [1.54, 1.807) is 19.1 Å².